The molecule has 1 aromatic carbocycles. The first-order valence-corrected chi connectivity index (χ1v) is 7.10. The number of hydrogen-bond acceptors (Lipinski definition) is 3. The molecule has 1 aliphatic heterocycles. The van der Waals surface area contributed by atoms with Gasteiger partial charge in [-0.05, 0) is 57.0 Å². The molecule has 0 bridgehead atoms. The van der Waals surface area contributed by atoms with Gasteiger partial charge in [0.05, 0.1) is 13.0 Å². The van der Waals surface area contributed by atoms with Crippen molar-refractivity contribution in [3.8, 4) is 5.75 Å². The Morgan fingerprint density at radius 1 is 1.30 bits per heavy atom. The highest BCUT2D eigenvalue weighted by Crippen LogP contribution is 2.26. The minimum Gasteiger partial charge on any atom is -0.496 e. The molecule has 0 unspecified atom stereocenters. The number of aliphatic carboxylic acids is 1. The third-order valence-corrected chi connectivity index (χ3v) is 4.23. The Balaban J connectivity index is 2.04. The van der Waals surface area contributed by atoms with E-state index < -0.39 is 5.97 Å². The van der Waals surface area contributed by atoms with Crippen LogP contribution in [0.2, 0.25) is 0 Å². The lowest BCUT2D eigenvalue weighted by molar-refractivity contribution is -0.143. The zero-order chi connectivity index (χ0) is 14.7. The molecule has 0 radical (unpaired) electrons. The lowest BCUT2D eigenvalue weighted by Crippen LogP contribution is -2.35. The molecule has 1 fully saturated rings. The Kier molecular flexibility index (Phi) is 4.65. The molecule has 0 saturated carbocycles. The lowest BCUT2D eigenvalue weighted by Gasteiger charge is -2.30. The molecule has 0 amide bonds. The molecule has 2 rings (SSSR count). The van der Waals surface area contributed by atoms with Crippen molar-refractivity contribution in [2.24, 2.45) is 5.92 Å². The average Bonchev–Trinajstić information content (AvgIpc) is 2.43. The Morgan fingerprint density at radius 2 is 1.90 bits per heavy atom. The molecule has 1 aromatic rings. The van der Waals surface area contributed by atoms with E-state index in [0.717, 1.165) is 38.2 Å². The molecule has 20 heavy (non-hydrogen) atoms. The van der Waals surface area contributed by atoms with Crippen molar-refractivity contribution in [2.45, 2.75) is 33.2 Å². The SMILES string of the molecule is COc1cc(C)c(C)cc1CN1CCC(C(=O)O)CC1. The summed E-state index contributed by atoms with van der Waals surface area (Å²) in [4.78, 5) is 13.3. The van der Waals surface area contributed by atoms with E-state index >= 15 is 0 Å². The van der Waals surface area contributed by atoms with E-state index in [1.807, 2.05) is 0 Å². The van der Waals surface area contributed by atoms with Crippen molar-refractivity contribution < 1.29 is 14.6 Å². The quantitative estimate of drug-likeness (QED) is 0.919. The summed E-state index contributed by atoms with van der Waals surface area (Å²) in [7, 11) is 1.70. The van der Waals surface area contributed by atoms with E-state index in [4.69, 9.17) is 9.84 Å². The van der Waals surface area contributed by atoms with Gasteiger partial charge < -0.3 is 9.84 Å². The van der Waals surface area contributed by atoms with Gasteiger partial charge in [-0.2, -0.15) is 0 Å². The van der Waals surface area contributed by atoms with E-state index in [1.165, 1.54) is 16.7 Å². The molecule has 0 atom stereocenters. The van der Waals surface area contributed by atoms with Gasteiger partial charge in [0.25, 0.3) is 0 Å². The monoisotopic (exact) mass is 277 g/mol. The Morgan fingerprint density at radius 3 is 2.45 bits per heavy atom. The first-order valence-electron chi connectivity index (χ1n) is 7.10. The van der Waals surface area contributed by atoms with Crippen LogP contribution in [-0.4, -0.2) is 36.2 Å². The Hall–Kier alpha value is -1.55. The van der Waals surface area contributed by atoms with Gasteiger partial charge in [0.2, 0.25) is 0 Å². The largest absolute Gasteiger partial charge is 0.496 e. The maximum absolute atomic E-state index is 11.0. The number of methoxy groups -OCH3 is 1. The summed E-state index contributed by atoms with van der Waals surface area (Å²) in [6.45, 7) is 6.70. The molecule has 0 aromatic heterocycles. The fourth-order valence-electron chi connectivity index (χ4n) is 2.74. The van der Waals surface area contributed by atoms with Gasteiger partial charge in [0.15, 0.2) is 0 Å². The van der Waals surface area contributed by atoms with Crippen molar-refractivity contribution in [1.82, 2.24) is 4.90 Å². The van der Waals surface area contributed by atoms with Crippen molar-refractivity contribution in [1.29, 1.82) is 0 Å². The molecular formula is C16H23NO3. The smallest absolute Gasteiger partial charge is 0.306 e. The molecule has 1 aliphatic rings. The minimum absolute atomic E-state index is 0.173. The molecule has 1 N–H and O–H groups in total. The summed E-state index contributed by atoms with van der Waals surface area (Å²) in [5.74, 6) is 0.0924. The van der Waals surface area contributed by atoms with Crippen LogP contribution in [-0.2, 0) is 11.3 Å². The van der Waals surface area contributed by atoms with Gasteiger partial charge in [-0.1, -0.05) is 6.07 Å². The van der Waals surface area contributed by atoms with E-state index in [-0.39, 0.29) is 5.92 Å². The predicted molar refractivity (Wildman–Crippen MR) is 78.1 cm³/mol. The highest BCUT2D eigenvalue weighted by Gasteiger charge is 2.24. The van der Waals surface area contributed by atoms with E-state index in [9.17, 15) is 4.79 Å². The summed E-state index contributed by atoms with van der Waals surface area (Å²) in [5, 5.41) is 9.02. The van der Waals surface area contributed by atoms with E-state index in [2.05, 4.69) is 30.9 Å². The molecule has 110 valence electrons. The van der Waals surface area contributed by atoms with Crippen molar-refractivity contribution in [3.05, 3.63) is 28.8 Å². The predicted octanol–water partition coefficient (Wildman–Crippen LogP) is 2.61. The topological polar surface area (TPSA) is 49.8 Å². The maximum Gasteiger partial charge on any atom is 0.306 e. The second-order valence-corrected chi connectivity index (χ2v) is 5.64. The van der Waals surface area contributed by atoms with Gasteiger partial charge in [-0.25, -0.2) is 0 Å². The number of carbonyl (C=O) groups is 1. The minimum atomic E-state index is -0.659. The maximum atomic E-state index is 11.0. The summed E-state index contributed by atoms with van der Waals surface area (Å²) in [5.41, 5.74) is 3.68. The van der Waals surface area contributed by atoms with Crippen molar-refractivity contribution >= 4 is 5.97 Å². The molecule has 0 spiro atoms. The van der Waals surface area contributed by atoms with Gasteiger partial charge in [0, 0.05) is 12.1 Å². The highest BCUT2D eigenvalue weighted by atomic mass is 16.5. The molecule has 0 aliphatic carbocycles. The number of benzene rings is 1. The highest BCUT2D eigenvalue weighted by molar-refractivity contribution is 5.70. The number of carboxylic acids is 1. The summed E-state index contributed by atoms with van der Waals surface area (Å²) < 4.78 is 5.46. The zero-order valence-corrected chi connectivity index (χ0v) is 12.5. The van der Waals surface area contributed by atoms with Gasteiger partial charge >= 0.3 is 5.97 Å². The van der Waals surface area contributed by atoms with Gasteiger partial charge in [-0.15, -0.1) is 0 Å². The number of likely N-dealkylation sites (tertiary alicyclic amines) is 1. The van der Waals surface area contributed by atoms with Crippen LogP contribution in [0, 0.1) is 19.8 Å². The lowest BCUT2D eigenvalue weighted by atomic mass is 9.96. The molecule has 1 saturated heterocycles. The van der Waals surface area contributed by atoms with Crippen LogP contribution in [0.4, 0.5) is 0 Å². The summed E-state index contributed by atoms with van der Waals surface area (Å²) in [6.07, 6.45) is 1.48. The molecular weight excluding hydrogens is 254 g/mol. The van der Waals surface area contributed by atoms with Crippen molar-refractivity contribution in [2.75, 3.05) is 20.2 Å². The number of hydrogen-bond donors (Lipinski definition) is 1. The molecule has 4 nitrogen and oxygen atoms in total. The van der Waals surface area contributed by atoms with Crippen LogP contribution in [0.15, 0.2) is 12.1 Å². The summed E-state index contributed by atoms with van der Waals surface area (Å²) in [6, 6.07) is 4.26. The number of ether oxygens (including phenoxy) is 1. The normalized spacial score (nSPS) is 17.1. The van der Waals surface area contributed by atoms with E-state index in [0.29, 0.717) is 0 Å². The Labute approximate surface area is 120 Å². The van der Waals surface area contributed by atoms with Crippen LogP contribution in [0.1, 0.15) is 29.5 Å². The van der Waals surface area contributed by atoms with Gasteiger partial charge in [-0.3, -0.25) is 9.69 Å². The van der Waals surface area contributed by atoms with Crippen LogP contribution >= 0.6 is 0 Å². The number of aryl methyl sites for hydroxylation is 2. The third kappa shape index (κ3) is 3.31. The zero-order valence-electron chi connectivity index (χ0n) is 12.5. The molecule has 1 heterocycles. The number of nitrogens with zero attached hydrogens (tertiary/aromatic N) is 1. The van der Waals surface area contributed by atoms with Gasteiger partial charge in [0.1, 0.15) is 5.75 Å². The second-order valence-electron chi connectivity index (χ2n) is 5.64. The van der Waals surface area contributed by atoms with Crippen LogP contribution in [0.3, 0.4) is 0 Å². The van der Waals surface area contributed by atoms with Crippen molar-refractivity contribution in [3.63, 3.8) is 0 Å². The van der Waals surface area contributed by atoms with Crippen LogP contribution in [0.25, 0.3) is 0 Å². The number of piperidine rings is 1. The fourth-order valence-corrected chi connectivity index (χ4v) is 2.74. The van der Waals surface area contributed by atoms with Crippen LogP contribution in [0.5, 0.6) is 5.75 Å². The fraction of sp³-hybridized carbons (Fsp3) is 0.562. The first-order chi connectivity index (χ1) is 9.51. The second kappa shape index (κ2) is 6.27. The standard InChI is InChI=1S/C16H23NO3/c1-11-8-14(15(20-3)9-12(11)2)10-17-6-4-13(5-7-17)16(18)19/h8-9,13H,4-7,10H2,1-3H3,(H,18,19). The number of rotatable bonds is 4. The van der Waals surface area contributed by atoms with Crippen LogP contribution < -0.4 is 4.74 Å². The summed E-state index contributed by atoms with van der Waals surface area (Å²) >= 11 is 0. The first kappa shape index (κ1) is 14.9. The van der Waals surface area contributed by atoms with E-state index in [1.54, 1.807) is 7.11 Å². The average molecular weight is 277 g/mol. The third-order valence-electron chi connectivity index (χ3n) is 4.23. The number of carboxylic acid groups (broad SMARTS) is 1. The Bertz CT molecular complexity index is 491. The molecule has 4 heteroatoms.